The van der Waals surface area contributed by atoms with Crippen LogP contribution in [0.2, 0.25) is 15.1 Å². The highest BCUT2D eigenvalue weighted by molar-refractivity contribution is 6.32. The number of phenols is 3. The molecule has 128 heavy (non-hydrogen) atoms. The quantitative estimate of drug-likeness (QED) is 0.0371. The number of carbonyl (C=O) groups is 9. The average Bonchev–Trinajstić information content (AvgIpc) is 0.792. The number of nitrogens with two attached hydrogens (primary N) is 1. The van der Waals surface area contributed by atoms with Crippen LogP contribution in [0.5, 0.6) is 46.0 Å². The molecule has 9 amide bonds. The summed E-state index contributed by atoms with van der Waals surface area (Å²) in [5.74, 6) is -16.0. The van der Waals surface area contributed by atoms with Crippen molar-refractivity contribution in [2.45, 2.75) is 163 Å². The molecule has 8 aliphatic rings. The van der Waals surface area contributed by atoms with Gasteiger partial charge in [0.1, 0.15) is 101 Å². The predicted molar refractivity (Wildman–Crippen MR) is 455 cm³/mol. The number of nitrogens with one attached hydrogen (secondary N) is 12. The Balaban J connectivity index is 0.940. The van der Waals surface area contributed by atoms with Crippen LogP contribution in [-0.4, -0.2) is 227 Å². The zero-order valence-electron chi connectivity index (χ0n) is 68.8. The van der Waals surface area contributed by atoms with Gasteiger partial charge in [0, 0.05) is 66.1 Å². The number of ether oxygens (including phenoxy) is 6. The van der Waals surface area contributed by atoms with Gasteiger partial charge in [0.05, 0.1) is 47.9 Å². The topological polar surface area (TPSA) is 609 Å². The molecule has 0 spiro atoms. The fourth-order valence-electron chi connectivity index (χ4n) is 15.4. The fourth-order valence-corrected chi connectivity index (χ4v) is 16.0. The maximum absolute atomic E-state index is 16.4. The van der Waals surface area contributed by atoms with Crippen LogP contribution in [0.25, 0.3) is 17.2 Å². The molecule has 11 bridgehead atoms. The van der Waals surface area contributed by atoms with Gasteiger partial charge in [0.15, 0.2) is 23.9 Å². The summed E-state index contributed by atoms with van der Waals surface area (Å²) in [5.41, 5.74) is 6.66. The number of aliphatic hydroxyl groups excluding tert-OH is 6. The number of fused-ring (bicyclic) bond motifs is 15. The van der Waals surface area contributed by atoms with Crippen LogP contribution in [0, 0.1) is 5.92 Å². The smallest absolute Gasteiger partial charge is 0.349 e. The summed E-state index contributed by atoms with van der Waals surface area (Å²) in [4.78, 5) is 155. The van der Waals surface area contributed by atoms with E-state index in [9.17, 15) is 69.9 Å². The zero-order chi connectivity index (χ0) is 92.0. The van der Waals surface area contributed by atoms with E-state index in [1.54, 1.807) is 31.2 Å². The molecule has 18 unspecified atom stereocenters. The highest BCUT2D eigenvalue weighted by Crippen LogP contribution is 2.50. The van der Waals surface area contributed by atoms with Gasteiger partial charge in [-0.3, -0.25) is 63.6 Å². The van der Waals surface area contributed by atoms with Gasteiger partial charge in [0.2, 0.25) is 65.3 Å². The van der Waals surface area contributed by atoms with Gasteiger partial charge < -0.3 is 133 Å². The second-order valence-corrected chi connectivity index (χ2v) is 32.9. The van der Waals surface area contributed by atoms with Crippen LogP contribution >= 0.6 is 34.8 Å². The number of rotatable bonds is 20. The molecular formula is C84H93Cl3N16O25. The van der Waals surface area contributed by atoms with Crippen molar-refractivity contribution in [3.63, 3.8) is 0 Å². The maximum Gasteiger partial charge on any atom is 0.349 e. The van der Waals surface area contributed by atoms with Crippen LogP contribution < -0.4 is 89.7 Å². The maximum atomic E-state index is 16.4. The Hall–Kier alpha value is -12.3. The Morgan fingerprint density at radius 1 is 0.734 bits per heavy atom. The molecule has 0 radical (unpaired) electrons. The number of primary amides is 1. The van der Waals surface area contributed by atoms with Crippen molar-refractivity contribution < 1.29 is 118 Å². The van der Waals surface area contributed by atoms with E-state index in [-0.39, 0.29) is 72.6 Å². The van der Waals surface area contributed by atoms with Gasteiger partial charge in [-0.25, -0.2) is 4.79 Å². The Morgan fingerprint density at radius 3 is 2.04 bits per heavy atom. The molecule has 41 nitrogen and oxygen atoms in total. The second kappa shape index (κ2) is 39.9. The first-order chi connectivity index (χ1) is 60.9. The lowest BCUT2D eigenvalue weighted by Gasteiger charge is -2.48. The van der Waals surface area contributed by atoms with Gasteiger partial charge in [-0.05, 0) is 145 Å². The number of nitrogens with zero attached hydrogens (tertiary/aromatic N) is 3. The van der Waals surface area contributed by atoms with Crippen molar-refractivity contribution in [3.8, 4) is 57.1 Å². The standard InChI is InChI=1S/C84H93Cl3N16O25/c1-35(2)24-48(89-5)74(115)99-65-67(110)39-10-15-52(46(86)26-39)124-54-28-41-29-55(71(54)128-81-72(70(113)69(112)56(34-104)126-81)127-60-33-84(4,73(114)36(3)123-60)92-21-23-103-22-18-58(95-83(103)122)94-59(109)17-8-37-6-12-42(85)13-7-37)125-53-16-11-40(27-47(53)87)68(111)66-79(120)98-64(80(121)101-102-82-90-19-20-91-82)45-30-43(105)31-51(107)61(45)44-25-38(9-14-50(44)106)62(76(117)100-66)97-77(118)63(41)96-75(116)49(32-57(88)108)93-78(65)119/h6-18,22,25-31,35-36,48-49,56,60,62-70,72-73,81,89,92,104-107,110-114H,19-21,23-24,32-34H2,1-5H3,(H2,88,108)(H,93,119)(H,96,116)(H,97,118)(H,98,120)(H,99,115)(H,100,117)(H,101,121)(H2,90,91,102)(H,94,95,109,122)/b17-8+. The summed E-state index contributed by atoms with van der Waals surface area (Å²) in [6.45, 7) is 6.25. The molecule has 8 aliphatic heterocycles. The zero-order valence-corrected chi connectivity index (χ0v) is 71.1. The van der Waals surface area contributed by atoms with Crippen molar-refractivity contribution in [2.24, 2.45) is 16.6 Å². The first-order valence-electron chi connectivity index (χ1n) is 40.3. The van der Waals surface area contributed by atoms with E-state index < -0.39 is 254 Å². The number of amides is 9. The number of halogens is 3. The molecule has 1 aromatic heterocycles. The van der Waals surface area contributed by atoms with Crippen LogP contribution in [0.4, 0.5) is 5.82 Å². The molecule has 7 aromatic rings. The summed E-state index contributed by atoms with van der Waals surface area (Å²) in [6, 6.07) is 7.73. The number of carbonyl (C=O) groups excluding carboxylic acids is 9. The molecule has 18 atom stereocenters. The minimum atomic E-state index is -2.39. The number of benzene rings is 6. The highest BCUT2D eigenvalue weighted by Gasteiger charge is 2.52. The Labute approximate surface area is 743 Å². The molecule has 9 heterocycles. The van der Waals surface area contributed by atoms with Crippen molar-refractivity contribution in [3.05, 3.63) is 180 Å². The van der Waals surface area contributed by atoms with E-state index in [2.05, 4.69) is 74.0 Å². The number of anilines is 1. The largest absolute Gasteiger partial charge is 0.508 e. The minimum Gasteiger partial charge on any atom is -0.508 e. The normalized spacial score (nSPS) is 26.1. The van der Waals surface area contributed by atoms with Crippen LogP contribution in [0.15, 0.2) is 131 Å². The first-order valence-corrected chi connectivity index (χ1v) is 41.4. The Bertz CT molecular complexity index is 5560. The Kier molecular flexibility index (Phi) is 29.1. The first kappa shape index (κ1) is 93.3. The average molecular weight is 1830 g/mol. The summed E-state index contributed by atoms with van der Waals surface area (Å²) in [5, 5.41) is 133. The lowest BCUT2D eigenvalue weighted by atomic mass is 9.85. The second-order valence-electron chi connectivity index (χ2n) is 31.6. The number of aliphatic imine (C=N–C) groups is 1. The van der Waals surface area contributed by atoms with E-state index in [0.717, 1.165) is 66.7 Å². The number of likely N-dealkylation sites (N-methyl/N-ethyl adjacent to an activating group) is 1. The number of aliphatic hydroxyl groups is 6. The van der Waals surface area contributed by atoms with Gasteiger partial charge in [-0.1, -0.05) is 79.0 Å². The summed E-state index contributed by atoms with van der Waals surface area (Å²) >= 11 is 20.4. The molecule has 2 saturated heterocycles. The number of aromatic hydroxyl groups is 3. The summed E-state index contributed by atoms with van der Waals surface area (Å²) in [7, 11) is 1.47. The Morgan fingerprint density at radius 2 is 1.40 bits per heavy atom. The van der Waals surface area contributed by atoms with E-state index in [1.807, 2.05) is 13.8 Å². The summed E-state index contributed by atoms with van der Waals surface area (Å²) < 4.78 is 40.7. The highest BCUT2D eigenvalue weighted by atomic mass is 35.5. The SMILES string of the molecule is CNC(CC(C)C)C(=O)NC1C(=O)NC(CC(N)=O)C(=O)NC2C(=O)NC3C(=O)NC(C(=O)NC(C(=O)NNC4=NCCN4)c4cc(O)cc(O)c4-c4cc3ccc4O)C(O)c3ccc(c(Cl)c3)Oc3cc2cc(c3OC2OC(CO)C(O)C(O)C2OC2CC(C)(NCCn3ccc(NC(=O)/C=C/c4ccc(Cl)cc4)nc3=O)C(O)C(C)O2)Oc2ccc(cc2Cl)C1O. The lowest BCUT2D eigenvalue weighted by Crippen LogP contribution is -2.65. The van der Waals surface area contributed by atoms with Gasteiger partial charge >= 0.3 is 5.69 Å². The number of phenolic OH excluding ortho intramolecular Hbond substituents is 3. The molecule has 0 saturated carbocycles. The molecule has 44 heteroatoms. The monoisotopic (exact) mass is 1830 g/mol. The number of guanidine groups is 1. The number of hydrogen-bond donors (Lipinski definition) is 22. The molecule has 6 aromatic carbocycles. The van der Waals surface area contributed by atoms with Crippen molar-refractivity contribution in [1.82, 2.24) is 68.3 Å². The third kappa shape index (κ3) is 21.2. The van der Waals surface area contributed by atoms with Gasteiger partial charge in [-0.15, -0.1) is 0 Å². The molecule has 0 aliphatic carbocycles. The lowest BCUT2D eigenvalue weighted by molar-refractivity contribution is -0.334. The molecule has 15 rings (SSSR count). The number of hydrazine groups is 1. The van der Waals surface area contributed by atoms with Crippen molar-refractivity contribution >= 4 is 106 Å². The van der Waals surface area contributed by atoms with Crippen molar-refractivity contribution in [2.75, 3.05) is 38.6 Å². The van der Waals surface area contributed by atoms with Gasteiger partial charge in [-0.2, -0.15) is 4.98 Å². The van der Waals surface area contributed by atoms with E-state index in [0.29, 0.717) is 17.1 Å². The predicted octanol–water partition coefficient (Wildman–Crippen LogP) is 0.795. The van der Waals surface area contributed by atoms with E-state index in [4.69, 9.17) is 69.0 Å². The van der Waals surface area contributed by atoms with Crippen molar-refractivity contribution in [1.29, 1.82) is 0 Å². The summed E-state index contributed by atoms with van der Waals surface area (Å²) in [6.07, 6.45) is -15.3. The molecule has 23 N–H and O–H groups in total. The van der Waals surface area contributed by atoms with Crippen LogP contribution in [0.1, 0.15) is 111 Å². The third-order valence-corrected chi connectivity index (χ3v) is 22.9. The molecule has 680 valence electrons. The fraction of sp³-hybridized carbons (Fsp3) is 0.381. The van der Waals surface area contributed by atoms with E-state index in [1.165, 1.54) is 55.1 Å². The van der Waals surface area contributed by atoms with Crippen LogP contribution in [-0.2, 0) is 63.9 Å². The van der Waals surface area contributed by atoms with Gasteiger partial charge in [0.25, 0.3) is 5.91 Å². The van der Waals surface area contributed by atoms with E-state index >= 15 is 24.0 Å². The minimum absolute atomic E-state index is 0.0346. The van der Waals surface area contributed by atoms with Crippen LogP contribution in [0.3, 0.4) is 0 Å². The number of aromatic nitrogens is 2. The molecule has 2 fully saturated rings. The molecular weight excluding hydrogens is 1740 g/mol. The third-order valence-electron chi connectivity index (χ3n) is 22.0. The number of hydrogen-bond acceptors (Lipinski definition) is 31.